The van der Waals surface area contributed by atoms with Gasteiger partial charge in [0.2, 0.25) is 15.9 Å². The van der Waals surface area contributed by atoms with Crippen LogP contribution in [0, 0.1) is 6.92 Å². The van der Waals surface area contributed by atoms with E-state index < -0.39 is 16.1 Å². The van der Waals surface area contributed by atoms with E-state index in [1.165, 1.54) is 12.1 Å². The summed E-state index contributed by atoms with van der Waals surface area (Å²) < 4.78 is 27.4. The highest BCUT2D eigenvalue weighted by atomic mass is 32.2. The molecule has 2 aromatic rings. The van der Waals surface area contributed by atoms with Crippen molar-refractivity contribution in [3.05, 3.63) is 76.2 Å². The maximum absolute atomic E-state index is 13.1. The Balaban J connectivity index is 1.87. The minimum atomic E-state index is -3.89. The minimum absolute atomic E-state index is 0.0415. The topological polar surface area (TPSA) is 106 Å². The van der Waals surface area contributed by atoms with Crippen LogP contribution >= 0.6 is 0 Å². The zero-order chi connectivity index (χ0) is 20.1. The Morgan fingerprint density at radius 1 is 1.14 bits per heavy atom. The third kappa shape index (κ3) is 4.33. The van der Waals surface area contributed by atoms with Crippen LogP contribution in [0.15, 0.2) is 64.6 Å². The summed E-state index contributed by atoms with van der Waals surface area (Å²) in [6.45, 7) is 2.09. The number of sulfonamides is 1. The number of aryl methyl sites for hydroxylation is 1. The average Bonchev–Trinajstić information content (AvgIpc) is 2.69. The van der Waals surface area contributed by atoms with Gasteiger partial charge in [-0.15, -0.1) is 0 Å². The Labute approximate surface area is 164 Å². The molecule has 0 aliphatic carbocycles. The maximum Gasteiger partial charge on any atom is 0.243 e. The highest BCUT2D eigenvalue weighted by molar-refractivity contribution is 7.89. The van der Waals surface area contributed by atoms with E-state index in [-0.39, 0.29) is 30.4 Å². The first-order chi connectivity index (χ1) is 13.4. The second-order valence-corrected chi connectivity index (χ2v) is 8.58. The summed E-state index contributed by atoms with van der Waals surface area (Å²) in [4.78, 5) is 17.2. The molecule has 3 rings (SSSR count). The van der Waals surface area contributed by atoms with Crippen molar-refractivity contribution in [2.45, 2.75) is 24.4 Å². The lowest BCUT2D eigenvalue weighted by molar-refractivity contribution is -0.136. The zero-order valence-electron chi connectivity index (χ0n) is 15.5. The molecule has 146 valence electrons. The summed E-state index contributed by atoms with van der Waals surface area (Å²) >= 11 is 0. The molecule has 1 saturated heterocycles. The van der Waals surface area contributed by atoms with Crippen molar-refractivity contribution >= 4 is 15.9 Å². The summed E-state index contributed by atoms with van der Waals surface area (Å²) in [7, 11) is -3.89. The summed E-state index contributed by atoms with van der Waals surface area (Å²) in [6.07, 6.45) is 0. The molecule has 1 aliphatic heterocycles. The molecule has 1 fully saturated rings. The first-order valence-electron chi connectivity index (χ1n) is 8.83. The molecule has 0 spiro atoms. The Bertz CT molecular complexity index is 986. The fraction of sp³-hybridized carbons (Fsp3) is 0.316. The van der Waals surface area contributed by atoms with E-state index in [0.717, 1.165) is 15.4 Å². The number of rotatable bonds is 6. The lowest BCUT2D eigenvalue weighted by Gasteiger charge is -2.39. The third-order valence-electron chi connectivity index (χ3n) is 4.68. The quantitative estimate of drug-likeness (QED) is 0.423. The molecule has 28 heavy (non-hydrogen) atoms. The first-order valence-corrected chi connectivity index (χ1v) is 10.3. The molecule has 0 aromatic heterocycles. The molecular weight excluding hydrogens is 378 g/mol. The van der Waals surface area contributed by atoms with Gasteiger partial charge in [0, 0.05) is 30.6 Å². The number of azide groups is 1. The van der Waals surface area contributed by atoms with Gasteiger partial charge in [0.05, 0.1) is 11.4 Å². The number of carbonyl (C=O) groups excluding carboxylic acids is 1. The number of benzene rings is 2. The summed E-state index contributed by atoms with van der Waals surface area (Å²) in [6, 6.07) is 15.3. The Morgan fingerprint density at radius 2 is 1.82 bits per heavy atom. The van der Waals surface area contributed by atoms with E-state index >= 15 is 0 Å². The Hall–Kier alpha value is -2.87. The van der Waals surface area contributed by atoms with Gasteiger partial charge < -0.3 is 4.90 Å². The van der Waals surface area contributed by atoms with E-state index in [1.54, 1.807) is 17.0 Å². The maximum atomic E-state index is 13.1. The first kappa shape index (κ1) is 19.9. The van der Waals surface area contributed by atoms with Crippen LogP contribution in [0.4, 0.5) is 0 Å². The number of hydrogen-bond donors (Lipinski definition) is 0. The molecule has 9 heteroatoms. The highest BCUT2D eigenvalue weighted by Crippen LogP contribution is 2.24. The summed E-state index contributed by atoms with van der Waals surface area (Å²) in [5.74, 6) is -0.281. The van der Waals surface area contributed by atoms with Crippen molar-refractivity contribution in [1.29, 1.82) is 0 Å². The van der Waals surface area contributed by atoms with Crippen LogP contribution in [0.5, 0.6) is 0 Å². The smallest absolute Gasteiger partial charge is 0.243 e. The molecule has 0 radical (unpaired) electrons. The molecule has 0 N–H and O–H groups in total. The Morgan fingerprint density at radius 3 is 2.46 bits per heavy atom. The predicted molar refractivity (Wildman–Crippen MR) is 105 cm³/mol. The van der Waals surface area contributed by atoms with Gasteiger partial charge in [-0.2, -0.15) is 4.31 Å². The normalized spacial score (nSPS) is 18.0. The second kappa shape index (κ2) is 8.43. The van der Waals surface area contributed by atoms with E-state index in [4.69, 9.17) is 5.53 Å². The predicted octanol–water partition coefficient (Wildman–Crippen LogP) is 2.71. The zero-order valence-corrected chi connectivity index (χ0v) is 16.3. The van der Waals surface area contributed by atoms with Crippen molar-refractivity contribution in [2.24, 2.45) is 5.11 Å². The van der Waals surface area contributed by atoms with Gasteiger partial charge in [-0.1, -0.05) is 53.1 Å². The van der Waals surface area contributed by atoms with Crippen LogP contribution in [-0.4, -0.2) is 49.2 Å². The lowest BCUT2D eigenvalue weighted by Crippen LogP contribution is -2.58. The summed E-state index contributed by atoms with van der Waals surface area (Å²) in [5.41, 5.74) is 10.6. The standard InChI is InChI=1S/C19H21N5O3S/c1-15-7-9-18(10-8-15)28(26,27)24-14-19(25)23(13-17(24)11-21-22-20)12-16-5-3-2-4-6-16/h2-10,17H,11-14H2,1H3. The van der Waals surface area contributed by atoms with Crippen LogP contribution in [-0.2, 0) is 21.4 Å². The molecule has 1 amide bonds. The van der Waals surface area contributed by atoms with E-state index in [2.05, 4.69) is 10.0 Å². The SMILES string of the molecule is Cc1ccc(S(=O)(=O)N2CC(=O)N(Cc3ccccc3)CC2CN=[N+]=[N-])cc1. The van der Waals surface area contributed by atoms with Crippen LogP contribution in [0.1, 0.15) is 11.1 Å². The lowest BCUT2D eigenvalue weighted by atomic mass is 10.1. The van der Waals surface area contributed by atoms with Gasteiger partial charge in [0.25, 0.3) is 0 Å². The molecule has 8 nitrogen and oxygen atoms in total. The molecule has 1 heterocycles. The van der Waals surface area contributed by atoms with E-state index in [1.807, 2.05) is 37.3 Å². The average molecular weight is 399 g/mol. The van der Waals surface area contributed by atoms with Gasteiger partial charge >= 0.3 is 0 Å². The second-order valence-electron chi connectivity index (χ2n) is 6.69. The molecule has 1 aliphatic rings. The van der Waals surface area contributed by atoms with Crippen molar-refractivity contribution < 1.29 is 13.2 Å². The van der Waals surface area contributed by atoms with Crippen molar-refractivity contribution in [3.63, 3.8) is 0 Å². The van der Waals surface area contributed by atoms with Crippen molar-refractivity contribution in [2.75, 3.05) is 19.6 Å². The number of hydrogen-bond acceptors (Lipinski definition) is 4. The minimum Gasteiger partial charge on any atom is -0.336 e. The molecule has 0 saturated carbocycles. The van der Waals surface area contributed by atoms with Gasteiger partial charge in [-0.25, -0.2) is 8.42 Å². The van der Waals surface area contributed by atoms with Crippen LogP contribution in [0.3, 0.4) is 0 Å². The van der Waals surface area contributed by atoms with Gasteiger partial charge in [-0.05, 0) is 30.2 Å². The van der Waals surface area contributed by atoms with Crippen molar-refractivity contribution in [1.82, 2.24) is 9.21 Å². The fourth-order valence-corrected chi connectivity index (χ4v) is 4.73. The molecular formula is C19H21N5O3S. The van der Waals surface area contributed by atoms with Gasteiger partial charge in [0.15, 0.2) is 0 Å². The summed E-state index contributed by atoms with van der Waals surface area (Å²) in [5, 5.41) is 3.57. The van der Waals surface area contributed by atoms with E-state index in [0.29, 0.717) is 6.54 Å². The molecule has 1 atom stereocenters. The molecule has 1 unspecified atom stereocenters. The monoisotopic (exact) mass is 399 g/mol. The highest BCUT2D eigenvalue weighted by Gasteiger charge is 2.39. The molecule has 2 aromatic carbocycles. The number of nitrogens with zero attached hydrogens (tertiary/aromatic N) is 5. The largest absolute Gasteiger partial charge is 0.336 e. The number of carbonyl (C=O) groups is 1. The van der Waals surface area contributed by atoms with Crippen LogP contribution in [0.2, 0.25) is 0 Å². The number of piperazine rings is 1. The number of amides is 1. The third-order valence-corrected chi connectivity index (χ3v) is 6.59. The van der Waals surface area contributed by atoms with Crippen molar-refractivity contribution in [3.8, 4) is 0 Å². The Kier molecular flexibility index (Phi) is 5.99. The van der Waals surface area contributed by atoms with Gasteiger partial charge in [0.1, 0.15) is 0 Å². The van der Waals surface area contributed by atoms with Gasteiger partial charge in [-0.3, -0.25) is 4.79 Å². The van der Waals surface area contributed by atoms with Crippen LogP contribution < -0.4 is 0 Å². The van der Waals surface area contributed by atoms with Crippen LogP contribution in [0.25, 0.3) is 10.4 Å². The van der Waals surface area contributed by atoms with E-state index in [9.17, 15) is 13.2 Å². The molecule has 0 bridgehead atoms. The fourth-order valence-electron chi connectivity index (χ4n) is 3.17.